The van der Waals surface area contributed by atoms with Crippen molar-refractivity contribution < 1.29 is 19.1 Å². The first kappa shape index (κ1) is 27.3. The number of rotatable bonds is 9. The number of carbonyl (C=O) groups excluding carboxylic acids is 2. The zero-order valence-corrected chi connectivity index (χ0v) is 22.8. The molecule has 0 unspecified atom stereocenters. The summed E-state index contributed by atoms with van der Waals surface area (Å²) in [6.07, 6.45) is 0. The molecule has 200 valence electrons. The number of fused-ring (bicyclic) bond motifs is 1. The molecule has 1 aliphatic rings. The van der Waals surface area contributed by atoms with Gasteiger partial charge in [-0.05, 0) is 78.2 Å². The molecule has 8 nitrogen and oxygen atoms in total. The quantitative estimate of drug-likeness (QED) is 0.399. The normalized spacial score (nSPS) is 12.3. The highest BCUT2D eigenvalue weighted by atomic mass is 35.5. The third kappa shape index (κ3) is 6.38. The van der Waals surface area contributed by atoms with Crippen molar-refractivity contribution >= 4 is 34.8 Å². The fraction of sp³-hybridized carbons (Fsp3) is 0.310. The van der Waals surface area contributed by atoms with Crippen molar-refractivity contribution in [2.24, 2.45) is 11.1 Å². The van der Waals surface area contributed by atoms with E-state index in [-0.39, 0.29) is 30.6 Å². The molecule has 2 amide bonds. The SMILES string of the molecule is CN(C)c1ccc(C(=O)Nc2ccc(Cl)c(CN(CC(C)(C)CN)C(=O)c3ccc4c(c3)OCO4)c2)cc1. The van der Waals surface area contributed by atoms with Crippen molar-refractivity contribution in [1.29, 1.82) is 0 Å². The fourth-order valence-electron chi connectivity index (χ4n) is 4.09. The van der Waals surface area contributed by atoms with E-state index >= 15 is 0 Å². The molecule has 0 bridgehead atoms. The first-order chi connectivity index (χ1) is 18.1. The molecular formula is C29H33ClN4O4. The molecule has 3 aromatic rings. The molecule has 38 heavy (non-hydrogen) atoms. The van der Waals surface area contributed by atoms with Crippen LogP contribution in [-0.2, 0) is 6.54 Å². The summed E-state index contributed by atoms with van der Waals surface area (Å²) >= 11 is 6.56. The van der Waals surface area contributed by atoms with Gasteiger partial charge in [0.1, 0.15) is 0 Å². The summed E-state index contributed by atoms with van der Waals surface area (Å²) in [5, 5.41) is 3.42. The van der Waals surface area contributed by atoms with E-state index in [4.69, 9.17) is 26.8 Å². The number of nitrogens with two attached hydrogens (primary N) is 1. The smallest absolute Gasteiger partial charge is 0.255 e. The van der Waals surface area contributed by atoms with Gasteiger partial charge in [0.05, 0.1) is 0 Å². The molecule has 0 saturated carbocycles. The topological polar surface area (TPSA) is 97.1 Å². The molecule has 0 fully saturated rings. The lowest BCUT2D eigenvalue weighted by molar-refractivity contribution is 0.0673. The van der Waals surface area contributed by atoms with Crippen LogP contribution in [0.15, 0.2) is 60.7 Å². The molecule has 0 aromatic heterocycles. The minimum atomic E-state index is -0.330. The lowest BCUT2D eigenvalue weighted by Crippen LogP contribution is -2.41. The van der Waals surface area contributed by atoms with Crippen molar-refractivity contribution in [2.75, 3.05) is 44.2 Å². The number of nitrogens with one attached hydrogen (secondary N) is 1. The molecule has 0 radical (unpaired) electrons. The number of carbonyl (C=O) groups is 2. The summed E-state index contributed by atoms with van der Waals surface area (Å²) in [6, 6.07) is 17.7. The minimum Gasteiger partial charge on any atom is -0.454 e. The van der Waals surface area contributed by atoms with Crippen LogP contribution in [0.1, 0.15) is 40.1 Å². The third-order valence-corrected chi connectivity index (χ3v) is 6.76. The van der Waals surface area contributed by atoms with Crippen LogP contribution in [0.3, 0.4) is 0 Å². The zero-order chi connectivity index (χ0) is 27.4. The van der Waals surface area contributed by atoms with E-state index < -0.39 is 0 Å². The van der Waals surface area contributed by atoms with Crippen LogP contribution in [0.25, 0.3) is 0 Å². The van der Waals surface area contributed by atoms with E-state index in [1.165, 1.54) is 0 Å². The second-order valence-corrected chi connectivity index (χ2v) is 10.7. The fourth-order valence-corrected chi connectivity index (χ4v) is 4.26. The van der Waals surface area contributed by atoms with Gasteiger partial charge in [-0.3, -0.25) is 9.59 Å². The molecule has 3 N–H and O–H groups in total. The second-order valence-electron chi connectivity index (χ2n) is 10.3. The molecule has 1 heterocycles. The molecule has 3 aromatic carbocycles. The molecule has 0 spiro atoms. The van der Waals surface area contributed by atoms with Crippen LogP contribution < -0.4 is 25.4 Å². The van der Waals surface area contributed by atoms with E-state index in [0.717, 1.165) is 5.69 Å². The van der Waals surface area contributed by atoms with E-state index in [0.29, 0.717) is 52.0 Å². The van der Waals surface area contributed by atoms with E-state index in [2.05, 4.69) is 5.32 Å². The Morgan fingerprint density at radius 1 is 0.974 bits per heavy atom. The van der Waals surface area contributed by atoms with Crippen molar-refractivity contribution in [3.8, 4) is 11.5 Å². The number of benzene rings is 3. The van der Waals surface area contributed by atoms with Gasteiger partial charge in [-0.25, -0.2) is 0 Å². The molecule has 0 saturated heterocycles. The molecule has 1 aliphatic heterocycles. The molecule has 0 atom stereocenters. The van der Waals surface area contributed by atoms with E-state index in [1.807, 2.05) is 45.0 Å². The molecule has 0 aliphatic carbocycles. The summed E-state index contributed by atoms with van der Waals surface area (Å²) in [5.41, 5.74) is 8.97. The number of halogens is 1. The zero-order valence-electron chi connectivity index (χ0n) is 22.1. The van der Waals surface area contributed by atoms with Crippen LogP contribution in [-0.4, -0.2) is 50.7 Å². The summed E-state index contributed by atoms with van der Waals surface area (Å²) < 4.78 is 10.8. The first-order valence-electron chi connectivity index (χ1n) is 12.3. The van der Waals surface area contributed by atoms with Gasteiger partial charge in [-0.1, -0.05) is 25.4 Å². The number of anilines is 2. The number of ether oxygens (including phenoxy) is 2. The molecular weight excluding hydrogens is 504 g/mol. The van der Waals surface area contributed by atoms with E-state index in [1.54, 1.807) is 53.4 Å². The third-order valence-electron chi connectivity index (χ3n) is 6.39. The number of amides is 2. The largest absolute Gasteiger partial charge is 0.454 e. The number of hydrogen-bond acceptors (Lipinski definition) is 6. The Balaban J connectivity index is 1.56. The Hall–Kier alpha value is -3.75. The average Bonchev–Trinajstić information content (AvgIpc) is 3.37. The Kier molecular flexibility index (Phi) is 8.14. The van der Waals surface area contributed by atoms with Crippen LogP contribution in [0.5, 0.6) is 11.5 Å². The maximum absolute atomic E-state index is 13.6. The monoisotopic (exact) mass is 536 g/mol. The van der Waals surface area contributed by atoms with Crippen LogP contribution in [0.2, 0.25) is 5.02 Å². The first-order valence-corrected chi connectivity index (χ1v) is 12.7. The summed E-state index contributed by atoms with van der Waals surface area (Å²) in [5.74, 6) is 0.728. The van der Waals surface area contributed by atoms with E-state index in [9.17, 15) is 9.59 Å². The molecule has 4 rings (SSSR count). The van der Waals surface area contributed by atoms with Gasteiger partial charge in [0.2, 0.25) is 6.79 Å². The highest BCUT2D eigenvalue weighted by Crippen LogP contribution is 2.33. The average molecular weight is 537 g/mol. The van der Waals surface area contributed by atoms with Crippen molar-refractivity contribution in [2.45, 2.75) is 20.4 Å². The van der Waals surface area contributed by atoms with Gasteiger partial charge in [0.25, 0.3) is 11.8 Å². The van der Waals surface area contributed by atoms with Crippen molar-refractivity contribution in [3.63, 3.8) is 0 Å². The van der Waals surface area contributed by atoms with Crippen LogP contribution >= 0.6 is 11.6 Å². The Morgan fingerprint density at radius 2 is 1.66 bits per heavy atom. The van der Waals surface area contributed by atoms with Gasteiger partial charge in [-0.15, -0.1) is 0 Å². The van der Waals surface area contributed by atoms with Crippen molar-refractivity contribution in [1.82, 2.24) is 4.90 Å². The Bertz CT molecular complexity index is 1320. The highest BCUT2D eigenvalue weighted by Gasteiger charge is 2.27. The lowest BCUT2D eigenvalue weighted by Gasteiger charge is -2.32. The van der Waals surface area contributed by atoms with Gasteiger partial charge in [-0.2, -0.15) is 0 Å². The predicted octanol–water partition coefficient (Wildman–Crippen LogP) is 5.01. The minimum absolute atomic E-state index is 0.130. The van der Waals surface area contributed by atoms with Gasteiger partial charge in [0.15, 0.2) is 11.5 Å². The van der Waals surface area contributed by atoms with Gasteiger partial charge < -0.3 is 30.3 Å². The Morgan fingerprint density at radius 3 is 2.34 bits per heavy atom. The summed E-state index contributed by atoms with van der Waals surface area (Å²) in [7, 11) is 3.89. The maximum Gasteiger partial charge on any atom is 0.255 e. The van der Waals surface area contributed by atoms with Crippen LogP contribution in [0.4, 0.5) is 11.4 Å². The maximum atomic E-state index is 13.6. The molecule has 9 heteroatoms. The second kappa shape index (κ2) is 11.3. The standard InChI is InChI=1S/C29H33ClN4O4/c1-29(2,16-31)17-34(28(36)20-7-12-25-26(14-20)38-18-37-25)15-21-13-22(8-11-24(21)30)32-27(35)19-5-9-23(10-6-19)33(3)4/h5-14H,15-18,31H2,1-4H3,(H,32,35). The van der Waals surface area contributed by atoms with Gasteiger partial charge in [0, 0.05) is 54.7 Å². The predicted molar refractivity (Wildman–Crippen MR) is 150 cm³/mol. The number of hydrogen-bond donors (Lipinski definition) is 2. The summed E-state index contributed by atoms with van der Waals surface area (Å²) in [4.78, 5) is 30.2. The Labute approximate surface area is 228 Å². The lowest BCUT2D eigenvalue weighted by atomic mass is 9.92. The van der Waals surface area contributed by atoms with Crippen molar-refractivity contribution in [3.05, 3.63) is 82.4 Å². The van der Waals surface area contributed by atoms with Gasteiger partial charge >= 0.3 is 0 Å². The summed E-state index contributed by atoms with van der Waals surface area (Å²) in [6.45, 7) is 5.18. The number of nitrogens with zero attached hydrogens (tertiary/aromatic N) is 2. The highest BCUT2D eigenvalue weighted by molar-refractivity contribution is 6.31. The van der Waals surface area contributed by atoms with Crippen LogP contribution in [0, 0.1) is 5.41 Å².